The summed E-state index contributed by atoms with van der Waals surface area (Å²) in [4.78, 5) is 34.0. The van der Waals surface area contributed by atoms with Gasteiger partial charge in [0.25, 0.3) is 5.69 Å². The van der Waals surface area contributed by atoms with Crippen LogP contribution in [0.2, 0.25) is 0 Å². The van der Waals surface area contributed by atoms with E-state index < -0.39 is 23.0 Å². The molecule has 134 valence electrons. The smallest absolute Gasteiger partial charge is 0.338 e. The molecular formula is C17H19NO7. The van der Waals surface area contributed by atoms with Crippen molar-refractivity contribution in [3.8, 4) is 11.5 Å². The standard InChI is InChI=1S/C17H19NO7/c1-9(2)16(19)24-11(5)12-7-14(23-6)15(8-13(12)18(21)22)25-17(20)10(3)4/h7-8,11H,1,3H2,2,4-6H3. The van der Waals surface area contributed by atoms with Crippen LogP contribution in [-0.4, -0.2) is 24.0 Å². The summed E-state index contributed by atoms with van der Waals surface area (Å²) in [6.45, 7) is 11.3. The van der Waals surface area contributed by atoms with Crippen LogP contribution in [0.15, 0.2) is 36.4 Å². The minimum atomic E-state index is -0.940. The third-order valence-electron chi connectivity index (χ3n) is 3.13. The second kappa shape index (κ2) is 8.09. The number of esters is 2. The summed E-state index contributed by atoms with van der Waals surface area (Å²) in [5.41, 5.74) is -0.00933. The van der Waals surface area contributed by atoms with Gasteiger partial charge in [0.15, 0.2) is 11.5 Å². The molecule has 0 N–H and O–H groups in total. The first-order valence-corrected chi connectivity index (χ1v) is 7.19. The number of methoxy groups -OCH3 is 1. The summed E-state index contributed by atoms with van der Waals surface area (Å²) >= 11 is 0. The van der Waals surface area contributed by atoms with Crippen molar-refractivity contribution < 1.29 is 28.7 Å². The number of rotatable bonds is 7. The maximum absolute atomic E-state index is 11.7. The van der Waals surface area contributed by atoms with Gasteiger partial charge in [-0.15, -0.1) is 0 Å². The molecule has 0 aliphatic heterocycles. The van der Waals surface area contributed by atoms with Gasteiger partial charge in [-0.3, -0.25) is 10.1 Å². The Bertz CT molecular complexity index is 752. The van der Waals surface area contributed by atoms with Crippen LogP contribution in [0.4, 0.5) is 5.69 Å². The molecule has 0 aliphatic rings. The van der Waals surface area contributed by atoms with Crippen LogP contribution in [0.1, 0.15) is 32.4 Å². The number of nitro benzene ring substituents is 1. The van der Waals surface area contributed by atoms with E-state index in [9.17, 15) is 19.7 Å². The Morgan fingerprint density at radius 2 is 1.68 bits per heavy atom. The normalized spacial score (nSPS) is 11.2. The van der Waals surface area contributed by atoms with Crippen LogP contribution in [0.25, 0.3) is 0 Å². The van der Waals surface area contributed by atoms with Gasteiger partial charge in [-0.25, -0.2) is 9.59 Å². The SMILES string of the molecule is C=C(C)C(=O)Oc1cc([N+](=O)[O-])c(C(C)OC(=O)C(=C)C)cc1OC. The van der Waals surface area contributed by atoms with Crippen molar-refractivity contribution in [2.24, 2.45) is 0 Å². The molecule has 1 rings (SSSR count). The summed E-state index contributed by atoms with van der Waals surface area (Å²) in [5, 5.41) is 11.4. The molecule has 0 bridgehead atoms. The van der Waals surface area contributed by atoms with E-state index in [2.05, 4.69) is 13.2 Å². The van der Waals surface area contributed by atoms with Crippen LogP contribution in [0, 0.1) is 10.1 Å². The average molecular weight is 349 g/mol. The van der Waals surface area contributed by atoms with Crippen molar-refractivity contribution in [1.82, 2.24) is 0 Å². The molecule has 1 unspecified atom stereocenters. The highest BCUT2D eigenvalue weighted by Crippen LogP contribution is 2.38. The number of benzene rings is 1. The molecule has 0 saturated heterocycles. The van der Waals surface area contributed by atoms with Crippen LogP contribution in [0.5, 0.6) is 11.5 Å². The van der Waals surface area contributed by atoms with Gasteiger partial charge in [0.2, 0.25) is 0 Å². The van der Waals surface area contributed by atoms with Crippen molar-refractivity contribution >= 4 is 17.6 Å². The van der Waals surface area contributed by atoms with Gasteiger partial charge in [0.1, 0.15) is 6.10 Å². The van der Waals surface area contributed by atoms with Gasteiger partial charge < -0.3 is 14.2 Å². The molecule has 8 nitrogen and oxygen atoms in total. The predicted octanol–water partition coefficient (Wildman–Crippen LogP) is 3.27. The van der Waals surface area contributed by atoms with Crippen LogP contribution >= 0.6 is 0 Å². The molecule has 0 amide bonds. The molecule has 0 aliphatic carbocycles. The van der Waals surface area contributed by atoms with Gasteiger partial charge >= 0.3 is 11.9 Å². The molecule has 0 aromatic heterocycles. The zero-order valence-corrected chi connectivity index (χ0v) is 14.5. The van der Waals surface area contributed by atoms with E-state index in [1.54, 1.807) is 0 Å². The zero-order chi connectivity index (χ0) is 19.3. The second-order valence-corrected chi connectivity index (χ2v) is 5.32. The maximum atomic E-state index is 11.7. The minimum absolute atomic E-state index is 0.0772. The lowest BCUT2D eigenvalue weighted by Gasteiger charge is -2.16. The van der Waals surface area contributed by atoms with Gasteiger partial charge in [-0.1, -0.05) is 13.2 Å². The van der Waals surface area contributed by atoms with E-state index in [0.717, 1.165) is 6.07 Å². The van der Waals surface area contributed by atoms with E-state index in [1.165, 1.54) is 33.9 Å². The van der Waals surface area contributed by atoms with Crippen molar-refractivity contribution in [2.45, 2.75) is 26.9 Å². The van der Waals surface area contributed by atoms with E-state index in [-0.39, 0.29) is 33.9 Å². The van der Waals surface area contributed by atoms with Crippen molar-refractivity contribution in [3.05, 3.63) is 52.1 Å². The van der Waals surface area contributed by atoms with Gasteiger partial charge in [0, 0.05) is 11.1 Å². The molecule has 0 spiro atoms. The molecular weight excluding hydrogens is 330 g/mol. The lowest BCUT2D eigenvalue weighted by molar-refractivity contribution is -0.386. The molecule has 8 heteroatoms. The van der Waals surface area contributed by atoms with Crippen molar-refractivity contribution in [1.29, 1.82) is 0 Å². The highest BCUT2D eigenvalue weighted by atomic mass is 16.6. The Labute approximate surface area is 144 Å². The van der Waals surface area contributed by atoms with E-state index >= 15 is 0 Å². The van der Waals surface area contributed by atoms with Crippen LogP contribution in [-0.2, 0) is 14.3 Å². The number of hydrogen-bond acceptors (Lipinski definition) is 7. The molecule has 1 atom stereocenters. The van der Waals surface area contributed by atoms with Gasteiger partial charge in [-0.05, 0) is 26.8 Å². The monoisotopic (exact) mass is 349 g/mol. The summed E-state index contributed by atoms with van der Waals surface area (Å²) in [6.07, 6.45) is -0.940. The van der Waals surface area contributed by atoms with Crippen LogP contribution in [0.3, 0.4) is 0 Å². The number of carbonyl (C=O) groups is 2. The number of carbonyl (C=O) groups excluding carboxylic acids is 2. The van der Waals surface area contributed by atoms with Crippen molar-refractivity contribution in [2.75, 3.05) is 7.11 Å². The minimum Gasteiger partial charge on any atom is -0.493 e. The van der Waals surface area contributed by atoms with E-state index in [4.69, 9.17) is 14.2 Å². The Morgan fingerprint density at radius 3 is 2.12 bits per heavy atom. The predicted molar refractivity (Wildman–Crippen MR) is 89.4 cm³/mol. The fraction of sp³-hybridized carbons (Fsp3) is 0.294. The number of ether oxygens (including phenoxy) is 3. The Balaban J connectivity index is 3.36. The highest BCUT2D eigenvalue weighted by molar-refractivity contribution is 5.89. The molecule has 0 radical (unpaired) electrons. The van der Waals surface area contributed by atoms with Crippen LogP contribution < -0.4 is 9.47 Å². The van der Waals surface area contributed by atoms with Crippen molar-refractivity contribution in [3.63, 3.8) is 0 Å². The quantitative estimate of drug-likeness (QED) is 0.244. The Kier molecular flexibility index (Phi) is 6.44. The number of nitro groups is 1. The first kappa shape index (κ1) is 19.9. The molecule has 25 heavy (non-hydrogen) atoms. The van der Waals surface area contributed by atoms with E-state index in [1.807, 2.05) is 0 Å². The van der Waals surface area contributed by atoms with E-state index in [0.29, 0.717) is 0 Å². The molecule has 0 heterocycles. The van der Waals surface area contributed by atoms with Gasteiger partial charge in [0.05, 0.1) is 23.7 Å². The largest absolute Gasteiger partial charge is 0.493 e. The second-order valence-electron chi connectivity index (χ2n) is 5.32. The summed E-state index contributed by atoms with van der Waals surface area (Å²) in [6, 6.07) is 2.33. The first-order chi connectivity index (χ1) is 11.6. The molecule has 1 aromatic carbocycles. The average Bonchev–Trinajstić information content (AvgIpc) is 2.53. The maximum Gasteiger partial charge on any atom is 0.338 e. The fourth-order valence-electron chi connectivity index (χ4n) is 1.80. The lowest BCUT2D eigenvalue weighted by atomic mass is 10.1. The Morgan fingerprint density at radius 1 is 1.12 bits per heavy atom. The topological polar surface area (TPSA) is 105 Å². The molecule has 0 saturated carbocycles. The number of hydrogen-bond donors (Lipinski definition) is 0. The number of nitrogens with zero attached hydrogens (tertiary/aromatic N) is 1. The third-order valence-corrected chi connectivity index (χ3v) is 3.13. The first-order valence-electron chi connectivity index (χ1n) is 7.19. The highest BCUT2D eigenvalue weighted by Gasteiger charge is 2.27. The molecule has 1 aromatic rings. The summed E-state index contributed by atoms with van der Waals surface area (Å²) in [5.74, 6) is -1.49. The van der Waals surface area contributed by atoms with Gasteiger partial charge in [-0.2, -0.15) is 0 Å². The lowest BCUT2D eigenvalue weighted by Crippen LogP contribution is -2.13. The zero-order valence-electron chi connectivity index (χ0n) is 14.5. The fourth-order valence-corrected chi connectivity index (χ4v) is 1.80. The summed E-state index contributed by atoms with van der Waals surface area (Å²) in [7, 11) is 1.31. The summed E-state index contributed by atoms with van der Waals surface area (Å²) < 4.78 is 15.3. The Hall–Kier alpha value is -3.16. The molecule has 0 fully saturated rings. The third kappa shape index (κ3) is 4.90.